The van der Waals surface area contributed by atoms with Crippen molar-refractivity contribution in [1.82, 2.24) is 10.3 Å². The van der Waals surface area contributed by atoms with E-state index in [9.17, 15) is 4.79 Å². The van der Waals surface area contributed by atoms with Gasteiger partial charge in [-0.25, -0.2) is 9.78 Å². The van der Waals surface area contributed by atoms with Crippen molar-refractivity contribution in [3.8, 4) is 0 Å². The summed E-state index contributed by atoms with van der Waals surface area (Å²) < 4.78 is 4.70. The molecular weight excluding hydrogens is 242 g/mol. The maximum Gasteiger partial charge on any atom is 0.329 e. The number of nitrogens with one attached hydrogen (secondary N) is 1. The summed E-state index contributed by atoms with van der Waals surface area (Å²) in [5.74, 6) is -0.375. The number of hydrogen-bond acceptors (Lipinski definition) is 6. The fourth-order valence-corrected chi connectivity index (χ4v) is 1.81. The molecule has 1 aromatic rings. The lowest BCUT2D eigenvalue weighted by molar-refractivity contribution is -0.143. The summed E-state index contributed by atoms with van der Waals surface area (Å²) in [6.07, 6.45) is 0.654. The van der Waals surface area contributed by atoms with Gasteiger partial charge >= 0.3 is 5.97 Å². The van der Waals surface area contributed by atoms with E-state index in [0.717, 1.165) is 0 Å². The molecule has 0 aliphatic carbocycles. The fraction of sp³-hybridized carbons (Fsp3) is 0.556. The van der Waals surface area contributed by atoms with Crippen molar-refractivity contribution in [3.05, 3.63) is 27.0 Å². The first-order valence-corrected chi connectivity index (χ1v) is 5.94. The second-order valence-electron chi connectivity index (χ2n) is 3.13. The molecule has 0 aromatic carbocycles. The normalized spacial score (nSPS) is 11.6. The summed E-state index contributed by atoms with van der Waals surface area (Å²) in [5.41, 5.74) is 10.4. The summed E-state index contributed by atoms with van der Waals surface area (Å²) in [7, 11) is 1.34. The first-order chi connectivity index (χ1) is 8.29. The van der Waals surface area contributed by atoms with Gasteiger partial charge in [-0.15, -0.1) is 11.3 Å². The largest absolute Gasteiger partial charge is 0.468 e. The molecule has 0 saturated carbocycles. The van der Waals surface area contributed by atoms with Crippen molar-refractivity contribution in [2.45, 2.75) is 12.5 Å². The number of nitrogens with zero attached hydrogens (tertiary/aromatic N) is 4. The van der Waals surface area contributed by atoms with Crippen LogP contribution in [0.2, 0.25) is 0 Å². The zero-order chi connectivity index (χ0) is 12.5. The molecule has 0 aliphatic rings. The first-order valence-electron chi connectivity index (χ1n) is 4.99. The van der Waals surface area contributed by atoms with Crippen LogP contribution < -0.4 is 5.32 Å². The Labute approximate surface area is 102 Å². The molecule has 1 heterocycles. The van der Waals surface area contributed by atoms with Crippen LogP contribution in [-0.4, -0.2) is 31.2 Å². The molecule has 0 aliphatic heterocycles. The van der Waals surface area contributed by atoms with E-state index in [2.05, 4.69) is 20.3 Å². The molecule has 7 nitrogen and oxygen atoms in total. The van der Waals surface area contributed by atoms with Gasteiger partial charge in [-0.05, 0) is 18.5 Å². The number of carbonyl (C=O) groups is 1. The van der Waals surface area contributed by atoms with Crippen LogP contribution in [0.1, 0.15) is 18.2 Å². The molecule has 0 bridgehead atoms. The van der Waals surface area contributed by atoms with E-state index in [-0.39, 0.29) is 5.97 Å². The number of aromatic nitrogens is 1. The third-order valence-electron chi connectivity index (χ3n) is 2.03. The van der Waals surface area contributed by atoms with Gasteiger partial charge in [-0.3, -0.25) is 5.32 Å². The van der Waals surface area contributed by atoms with Crippen molar-refractivity contribution < 1.29 is 9.53 Å². The first kappa shape index (κ1) is 13.4. The number of carbonyl (C=O) groups excluding carboxylic acids is 1. The SMILES string of the molecule is COC(=O)C(NCCCN=[N+]=[N-])c1cscn1. The van der Waals surface area contributed by atoms with Crippen LogP contribution in [0.5, 0.6) is 0 Å². The Morgan fingerprint density at radius 3 is 3.24 bits per heavy atom. The zero-order valence-corrected chi connectivity index (χ0v) is 10.2. The lowest BCUT2D eigenvalue weighted by Crippen LogP contribution is -2.30. The lowest BCUT2D eigenvalue weighted by Gasteiger charge is -2.13. The Balaban J connectivity index is 2.48. The highest BCUT2D eigenvalue weighted by Gasteiger charge is 2.22. The van der Waals surface area contributed by atoms with Gasteiger partial charge in [0.15, 0.2) is 0 Å². The van der Waals surface area contributed by atoms with Gasteiger partial charge in [-0.2, -0.15) is 0 Å². The second kappa shape index (κ2) is 7.61. The molecule has 0 amide bonds. The van der Waals surface area contributed by atoms with Crippen LogP contribution in [0.25, 0.3) is 10.4 Å². The van der Waals surface area contributed by atoms with Crippen molar-refractivity contribution in [2.24, 2.45) is 5.11 Å². The van der Waals surface area contributed by atoms with Crippen LogP contribution in [0.4, 0.5) is 0 Å². The molecule has 1 N–H and O–H groups in total. The van der Waals surface area contributed by atoms with Gasteiger partial charge in [0.1, 0.15) is 6.04 Å². The predicted molar refractivity (Wildman–Crippen MR) is 63.5 cm³/mol. The van der Waals surface area contributed by atoms with Gasteiger partial charge in [0.2, 0.25) is 0 Å². The smallest absolute Gasteiger partial charge is 0.329 e. The van der Waals surface area contributed by atoms with Crippen LogP contribution in [0.15, 0.2) is 16.0 Å². The Kier molecular flexibility index (Phi) is 6.02. The zero-order valence-electron chi connectivity index (χ0n) is 9.37. The molecule has 92 valence electrons. The van der Waals surface area contributed by atoms with Crippen LogP contribution in [0.3, 0.4) is 0 Å². The number of azide groups is 1. The summed E-state index contributed by atoms with van der Waals surface area (Å²) in [6.45, 7) is 0.949. The molecule has 1 unspecified atom stereocenters. The Bertz CT molecular complexity index is 388. The van der Waals surface area contributed by atoms with E-state index in [0.29, 0.717) is 25.2 Å². The molecule has 0 spiro atoms. The molecule has 0 fully saturated rings. The second-order valence-corrected chi connectivity index (χ2v) is 3.85. The van der Waals surface area contributed by atoms with Crippen molar-refractivity contribution in [3.63, 3.8) is 0 Å². The van der Waals surface area contributed by atoms with E-state index >= 15 is 0 Å². The minimum Gasteiger partial charge on any atom is -0.468 e. The van der Waals surface area contributed by atoms with Crippen molar-refractivity contribution >= 4 is 17.3 Å². The maximum absolute atomic E-state index is 11.5. The highest BCUT2D eigenvalue weighted by molar-refractivity contribution is 7.07. The molecular formula is C9H13N5O2S. The van der Waals surface area contributed by atoms with Crippen molar-refractivity contribution in [2.75, 3.05) is 20.2 Å². The average Bonchev–Trinajstić information content (AvgIpc) is 2.86. The fourth-order valence-electron chi connectivity index (χ4n) is 1.23. The van der Waals surface area contributed by atoms with E-state index in [1.165, 1.54) is 18.4 Å². The standard InChI is InChI=1S/C9H13N5O2S/c1-16-9(15)8(7-5-17-6-12-7)11-3-2-4-13-14-10/h5-6,8,11H,2-4H2,1H3. The predicted octanol–water partition coefficient (Wildman–Crippen LogP) is 1.65. The minimum atomic E-state index is -0.558. The average molecular weight is 255 g/mol. The molecule has 1 rings (SSSR count). The van der Waals surface area contributed by atoms with Gasteiger partial charge in [0.05, 0.1) is 18.3 Å². The van der Waals surface area contributed by atoms with Crippen LogP contribution in [-0.2, 0) is 9.53 Å². The minimum absolute atomic E-state index is 0.375. The molecule has 0 saturated heterocycles. The lowest BCUT2D eigenvalue weighted by atomic mass is 10.2. The highest BCUT2D eigenvalue weighted by Crippen LogP contribution is 2.14. The highest BCUT2D eigenvalue weighted by atomic mass is 32.1. The number of methoxy groups -OCH3 is 1. The molecule has 1 atom stereocenters. The Morgan fingerprint density at radius 1 is 1.82 bits per heavy atom. The van der Waals surface area contributed by atoms with Crippen LogP contribution in [0, 0.1) is 0 Å². The number of hydrogen-bond donors (Lipinski definition) is 1. The third kappa shape index (κ3) is 4.39. The number of esters is 1. The quantitative estimate of drug-likeness (QED) is 0.263. The Morgan fingerprint density at radius 2 is 2.65 bits per heavy atom. The van der Waals surface area contributed by atoms with Gasteiger partial charge in [-0.1, -0.05) is 5.11 Å². The Hall–Kier alpha value is -1.63. The number of ether oxygens (including phenoxy) is 1. The van der Waals surface area contributed by atoms with Crippen LogP contribution >= 0.6 is 11.3 Å². The van der Waals surface area contributed by atoms with Gasteiger partial charge in [0, 0.05) is 16.8 Å². The van der Waals surface area contributed by atoms with E-state index in [4.69, 9.17) is 10.3 Å². The van der Waals surface area contributed by atoms with Gasteiger partial charge < -0.3 is 4.74 Å². The summed E-state index contributed by atoms with van der Waals surface area (Å²) in [6, 6.07) is -0.558. The number of rotatable bonds is 7. The van der Waals surface area contributed by atoms with E-state index < -0.39 is 6.04 Å². The molecule has 8 heteroatoms. The third-order valence-corrected chi connectivity index (χ3v) is 2.64. The summed E-state index contributed by atoms with van der Waals surface area (Å²) in [4.78, 5) is 18.3. The molecule has 1 aromatic heterocycles. The van der Waals surface area contributed by atoms with E-state index in [1.54, 1.807) is 10.9 Å². The monoisotopic (exact) mass is 255 g/mol. The number of thiazole rings is 1. The molecule has 0 radical (unpaired) electrons. The van der Waals surface area contributed by atoms with Crippen molar-refractivity contribution in [1.29, 1.82) is 0 Å². The maximum atomic E-state index is 11.5. The topological polar surface area (TPSA) is 100.0 Å². The summed E-state index contributed by atoms with van der Waals surface area (Å²) >= 11 is 1.42. The molecule has 17 heavy (non-hydrogen) atoms. The van der Waals surface area contributed by atoms with Gasteiger partial charge in [0.25, 0.3) is 0 Å². The van der Waals surface area contributed by atoms with E-state index in [1.807, 2.05) is 0 Å². The summed E-state index contributed by atoms with van der Waals surface area (Å²) in [5, 5.41) is 8.22.